The van der Waals surface area contributed by atoms with Crippen LogP contribution in [0.25, 0.3) is 16.5 Å². The van der Waals surface area contributed by atoms with E-state index < -0.39 is 20.8 Å². The molecular formula is C15H12Cl2N4Zr. The average Bonchev–Trinajstić information content (AvgIpc) is 3.29. The van der Waals surface area contributed by atoms with E-state index in [-0.39, 0.29) is 0 Å². The van der Waals surface area contributed by atoms with Gasteiger partial charge in [-0.1, -0.05) is 6.07 Å². The minimum absolute atomic E-state index is 0.826. The summed E-state index contributed by atoms with van der Waals surface area (Å²) in [4.78, 5) is 1.51. The molecule has 0 amide bonds. The van der Waals surface area contributed by atoms with Gasteiger partial charge in [0.05, 0.1) is 0 Å². The molecule has 0 saturated heterocycles. The topological polar surface area (TPSA) is 43.6 Å². The predicted molar refractivity (Wildman–Crippen MR) is 86.0 cm³/mol. The average molecular weight is 410 g/mol. The molecule has 4 rings (SSSR count). The molecule has 0 aliphatic heterocycles. The van der Waals surface area contributed by atoms with Gasteiger partial charge >= 0.3 is 37.9 Å². The third-order valence-electron chi connectivity index (χ3n) is 2.74. The van der Waals surface area contributed by atoms with Gasteiger partial charge in [-0.05, 0) is 10.9 Å². The molecule has 0 atom stereocenters. The van der Waals surface area contributed by atoms with Crippen LogP contribution >= 0.6 is 17.0 Å². The molecule has 7 heteroatoms. The number of aromatic nitrogens is 4. The van der Waals surface area contributed by atoms with E-state index in [2.05, 4.69) is 27.5 Å². The normalized spacial score (nSPS) is 9.18. The van der Waals surface area contributed by atoms with Gasteiger partial charge in [0, 0.05) is 0 Å². The van der Waals surface area contributed by atoms with Gasteiger partial charge in [-0.15, -0.1) is 51.3 Å². The monoisotopic (exact) mass is 408 g/mol. The Balaban J connectivity index is 0.000000184. The third kappa shape index (κ3) is 5.17. The van der Waals surface area contributed by atoms with Crippen molar-refractivity contribution in [2.45, 2.75) is 0 Å². The molecule has 3 aromatic carbocycles. The number of rotatable bonds is 1. The molecule has 0 aliphatic rings. The van der Waals surface area contributed by atoms with Crippen LogP contribution < -0.4 is 0 Å². The van der Waals surface area contributed by atoms with Gasteiger partial charge < -0.3 is 0 Å². The SMILES string of the molecule is [Cl][Zr+2][Cl].c1cc[cH-]c1.c1ccc2[cH-]c(-n3ncnn3)cc2c1. The van der Waals surface area contributed by atoms with Crippen LogP contribution in [0.5, 0.6) is 0 Å². The minimum Gasteiger partial charge on any atom is -0.214 e. The molecule has 0 bridgehead atoms. The Kier molecular flexibility index (Phi) is 7.51. The Hall–Kier alpha value is -1.29. The number of nitrogens with zero attached hydrogens (tertiary/aromatic N) is 4. The third-order valence-corrected chi connectivity index (χ3v) is 2.74. The Morgan fingerprint density at radius 1 is 1.05 bits per heavy atom. The van der Waals surface area contributed by atoms with Gasteiger partial charge in [-0.25, -0.2) is 12.1 Å². The van der Waals surface area contributed by atoms with Crippen molar-refractivity contribution in [2.24, 2.45) is 0 Å². The zero-order valence-electron chi connectivity index (χ0n) is 11.5. The van der Waals surface area contributed by atoms with Crippen LogP contribution in [0.15, 0.2) is 73.1 Å². The van der Waals surface area contributed by atoms with E-state index in [0.29, 0.717) is 0 Å². The second-order valence-electron chi connectivity index (χ2n) is 4.10. The summed E-state index contributed by atoms with van der Waals surface area (Å²) < 4.78 is 0. The van der Waals surface area contributed by atoms with Crippen LogP contribution in [0.3, 0.4) is 0 Å². The van der Waals surface area contributed by atoms with E-state index in [1.807, 2.05) is 54.6 Å². The van der Waals surface area contributed by atoms with E-state index in [0.717, 1.165) is 5.69 Å². The largest absolute Gasteiger partial charge is 0.214 e. The summed E-state index contributed by atoms with van der Waals surface area (Å²) in [6.45, 7) is 0. The van der Waals surface area contributed by atoms with Crippen LogP contribution in [0.1, 0.15) is 0 Å². The Bertz CT molecular complexity index is 701. The molecule has 1 aromatic heterocycles. The van der Waals surface area contributed by atoms with Crippen LogP contribution in [-0.4, -0.2) is 20.2 Å². The Morgan fingerprint density at radius 3 is 2.32 bits per heavy atom. The molecular weight excluding hydrogens is 398 g/mol. The zero-order chi connectivity index (χ0) is 15.6. The van der Waals surface area contributed by atoms with Crippen molar-refractivity contribution in [3.8, 4) is 5.69 Å². The van der Waals surface area contributed by atoms with E-state index in [1.165, 1.54) is 21.9 Å². The van der Waals surface area contributed by atoms with Crippen molar-refractivity contribution in [1.82, 2.24) is 20.2 Å². The fourth-order valence-electron chi connectivity index (χ4n) is 1.86. The molecule has 1 heterocycles. The number of benzene rings is 1. The molecule has 22 heavy (non-hydrogen) atoms. The molecule has 110 valence electrons. The summed E-state index contributed by atoms with van der Waals surface area (Å²) in [6.07, 6.45) is 1.43. The number of hydrogen-bond acceptors (Lipinski definition) is 3. The summed E-state index contributed by atoms with van der Waals surface area (Å²) in [5, 5.41) is 13.9. The van der Waals surface area contributed by atoms with Crippen LogP contribution in [0.4, 0.5) is 0 Å². The molecule has 0 N–H and O–H groups in total. The summed E-state index contributed by atoms with van der Waals surface area (Å²) >= 11 is -0.826. The molecule has 0 spiro atoms. The van der Waals surface area contributed by atoms with Gasteiger partial charge in [0.2, 0.25) is 0 Å². The summed E-state index contributed by atoms with van der Waals surface area (Å²) in [5.74, 6) is 0. The first-order valence-electron chi connectivity index (χ1n) is 6.37. The zero-order valence-corrected chi connectivity index (χ0v) is 15.4. The maximum absolute atomic E-state index is 4.93. The second kappa shape index (κ2) is 9.67. The number of halogens is 2. The maximum Gasteiger partial charge on any atom is 0.162 e. The molecule has 4 nitrogen and oxygen atoms in total. The van der Waals surface area contributed by atoms with Crippen molar-refractivity contribution in [3.05, 3.63) is 73.1 Å². The molecule has 4 aromatic rings. The Labute approximate surface area is 147 Å². The number of hydrogen-bond donors (Lipinski definition) is 0. The molecule has 0 saturated carbocycles. The van der Waals surface area contributed by atoms with Gasteiger partial charge in [-0.2, -0.15) is 23.0 Å². The van der Waals surface area contributed by atoms with Gasteiger partial charge in [0.25, 0.3) is 0 Å². The van der Waals surface area contributed by atoms with Gasteiger partial charge in [0.1, 0.15) is 0 Å². The van der Waals surface area contributed by atoms with Crippen molar-refractivity contribution in [1.29, 1.82) is 0 Å². The van der Waals surface area contributed by atoms with E-state index in [9.17, 15) is 0 Å². The number of fused-ring (bicyclic) bond motifs is 1. The molecule has 0 fully saturated rings. The molecule has 0 radical (unpaired) electrons. The van der Waals surface area contributed by atoms with Crippen LogP contribution in [-0.2, 0) is 20.8 Å². The first-order chi connectivity index (χ1) is 10.8. The summed E-state index contributed by atoms with van der Waals surface area (Å²) in [5.41, 5.74) is 0.948. The quantitative estimate of drug-likeness (QED) is 0.439. The minimum atomic E-state index is -0.826. The van der Waals surface area contributed by atoms with E-state index >= 15 is 0 Å². The second-order valence-corrected chi connectivity index (χ2v) is 7.83. The van der Waals surface area contributed by atoms with E-state index in [4.69, 9.17) is 17.0 Å². The standard InChI is InChI=1S/C10H7N4.C5H5.2ClH.Zr/c1-2-4-9-6-10(5-8(9)3-1)14-12-7-11-13-14;1-2-4-5-3-1;;;/h1-7H;1-5H;2*1H;/q2*-1;;;+4/p-2. The Morgan fingerprint density at radius 2 is 1.77 bits per heavy atom. The first kappa shape index (κ1) is 17.1. The number of tetrazole rings is 1. The summed E-state index contributed by atoms with van der Waals surface area (Å²) in [7, 11) is 9.87. The van der Waals surface area contributed by atoms with Crippen molar-refractivity contribution < 1.29 is 20.8 Å². The van der Waals surface area contributed by atoms with Crippen molar-refractivity contribution >= 4 is 27.8 Å². The fraction of sp³-hybridized carbons (Fsp3) is 0. The van der Waals surface area contributed by atoms with E-state index in [1.54, 1.807) is 0 Å². The maximum atomic E-state index is 4.93. The molecule has 0 unspecified atom stereocenters. The van der Waals surface area contributed by atoms with Gasteiger partial charge in [-0.3, -0.25) is 0 Å². The van der Waals surface area contributed by atoms with Crippen molar-refractivity contribution in [3.63, 3.8) is 0 Å². The molecule has 0 aliphatic carbocycles. The fourth-order valence-corrected chi connectivity index (χ4v) is 1.86. The van der Waals surface area contributed by atoms with Gasteiger partial charge in [0.15, 0.2) is 6.33 Å². The predicted octanol–water partition coefficient (Wildman–Crippen LogP) is 4.32. The van der Waals surface area contributed by atoms with Crippen molar-refractivity contribution in [2.75, 3.05) is 0 Å². The smallest absolute Gasteiger partial charge is 0.162 e. The van der Waals surface area contributed by atoms with Crippen LogP contribution in [0, 0.1) is 0 Å². The van der Waals surface area contributed by atoms with Crippen LogP contribution in [0.2, 0.25) is 0 Å². The first-order valence-corrected chi connectivity index (χ1v) is 12.7. The summed E-state index contributed by atoms with van der Waals surface area (Å²) in [6, 6.07) is 22.2.